The van der Waals surface area contributed by atoms with Crippen LogP contribution in [0.5, 0.6) is 0 Å². The molecule has 0 bridgehead atoms. The molecule has 1 unspecified atom stereocenters. The molecule has 0 spiro atoms. The number of benzene rings is 1. The van der Waals surface area contributed by atoms with E-state index >= 15 is 0 Å². The van der Waals surface area contributed by atoms with Crippen LogP contribution in [0.15, 0.2) is 18.2 Å². The van der Waals surface area contributed by atoms with Gasteiger partial charge in [-0.25, -0.2) is 0 Å². The predicted molar refractivity (Wildman–Crippen MR) is 79.4 cm³/mol. The first kappa shape index (κ1) is 15.8. The SMILES string of the molecule is CC(C)CCOC(C)C(=O)Nc1ccc(Cl)cc1N. The highest BCUT2D eigenvalue weighted by Crippen LogP contribution is 2.22. The molecule has 0 radical (unpaired) electrons. The van der Waals surface area contributed by atoms with Crippen LogP contribution in [0, 0.1) is 5.92 Å². The molecule has 0 aliphatic carbocycles. The Bertz CT molecular complexity index is 435. The summed E-state index contributed by atoms with van der Waals surface area (Å²) < 4.78 is 5.47. The topological polar surface area (TPSA) is 64.3 Å². The molecule has 1 amide bonds. The summed E-state index contributed by atoms with van der Waals surface area (Å²) in [5, 5.41) is 3.27. The van der Waals surface area contributed by atoms with Gasteiger partial charge in [-0.15, -0.1) is 0 Å². The number of carbonyl (C=O) groups excluding carboxylic acids is 1. The lowest BCUT2D eigenvalue weighted by molar-refractivity contribution is -0.126. The fraction of sp³-hybridized carbons (Fsp3) is 0.500. The highest BCUT2D eigenvalue weighted by atomic mass is 35.5. The Morgan fingerprint density at radius 1 is 1.42 bits per heavy atom. The zero-order chi connectivity index (χ0) is 14.4. The predicted octanol–water partition coefficient (Wildman–Crippen LogP) is 3.31. The van der Waals surface area contributed by atoms with Gasteiger partial charge in [0.1, 0.15) is 6.10 Å². The Balaban J connectivity index is 2.49. The molecule has 1 rings (SSSR count). The minimum Gasteiger partial charge on any atom is -0.397 e. The minimum absolute atomic E-state index is 0.210. The molecule has 3 N–H and O–H groups in total. The average molecular weight is 285 g/mol. The van der Waals surface area contributed by atoms with Crippen LogP contribution in [0.25, 0.3) is 0 Å². The van der Waals surface area contributed by atoms with Crippen molar-refractivity contribution in [2.24, 2.45) is 5.92 Å². The van der Waals surface area contributed by atoms with Gasteiger partial charge in [-0.2, -0.15) is 0 Å². The number of hydrogen-bond donors (Lipinski definition) is 2. The number of nitrogens with two attached hydrogens (primary N) is 1. The van der Waals surface area contributed by atoms with Gasteiger partial charge in [0, 0.05) is 11.6 Å². The van der Waals surface area contributed by atoms with Crippen molar-refractivity contribution in [3.8, 4) is 0 Å². The molecule has 106 valence electrons. The normalized spacial score (nSPS) is 12.5. The fourth-order valence-electron chi connectivity index (χ4n) is 1.44. The van der Waals surface area contributed by atoms with Gasteiger partial charge in [0.05, 0.1) is 11.4 Å². The van der Waals surface area contributed by atoms with E-state index in [1.165, 1.54) is 0 Å². The van der Waals surface area contributed by atoms with Crippen molar-refractivity contribution in [1.29, 1.82) is 0 Å². The van der Waals surface area contributed by atoms with Gasteiger partial charge in [0.15, 0.2) is 0 Å². The van der Waals surface area contributed by atoms with E-state index in [4.69, 9.17) is 22.1 Å². The lowest BCUT2D eigenvalue weighted by atomic mass is 10.1. The number of halogens is 1. The maximum absolute atomic E-state index is 11.9. The van der Waals surface area contributed by atoms with Crippen molar-refractivity contribution in [2.45, 2.75) is 33.3 Å². The van der Waals surface area contributed by atoms with Crippen LogP contribution in [-0.2, 0) is 9.53 Å². The van der Waals surface area contributed by atoms with E-state index in [9.17, 15) is 4.79 Å². The summed E-state index contributed by atoms with van der Waals surface area (Å²) in [6.07, 6.45) is 0.426. The van der Waals surface area contributed by atoms with Gasteiger partial charge >= 0.3 is 0 Å². The highest BCUT2D eigenvalue weighted by molar-refractivity contribution is 6.31. The summed E-state index contributed by atoms with van der Waals surface area (Å²) in [6.45, 7) is 6.52. The van der Waals surface area contributed by atoms with Crippen LogP contribution < -0.4 is 11.1 Å². The number of amides is 1. The molecule has 5 heteroatoms. The molecular formula is C14H21ClN2O2. The summed E-state index contributed by atoms with van der Waals surface area (Å²) in [5.41, 5.74) is 6.76. The van der Waals surface area contributed by atoms with E-state index in [-0.39, 0.29) is 5.91 Å². The summed E-state index contributed by atoms with van der Waals surface area (Å²) >= 11 is 5.80. The molecule has 0 aromatic heterocycles. The summed E-state index contributed by atoms with van der Waals surface area (Å²) in [7, 11) is 0. The summed E-state index contributed by atoms with van der Waals surface area (Å²) in [5.74, 6) is 0.347. The third-order valence-electron chi connectivity index (χ3n) is 2.70. The molecule has 19 heavy (non-hydrogen) atoms. The number of hydrogen-bond acceptors (Lipinski definition) is 3. The molecule has 0 aliphatic heterocycles. The van der Waals surface area contributed by atoms with Gasteiger partial charge in [-0.05, 0) is 37.5 Å². The van der Waals surface area contributed by atoms with E-state index in [0.29, 0.717) is 28.9 Å². The van der Waals surface area contributed by atoms with E-state index < -0.39 is 6.10 Å². The lowest BCUT2D eigenvalue weighted by Crippen LogP contribution is -2.28. The third-order valence-corrected chi connectivity index (χ3v) is 2.94. The second-order valence-corrected chi connectivity index (χ2v) is 5.35. The van der Waals surface area contributed by atoms with E-state index in [1.54, 1.807) is 25.1 Å². The minimum atomic E-state index is -0.506. The van der Waals surface area contributed by atoms with Gasteiger partial charge in [0.2, 0.25) is 0 Å². The quantitative estimate of drug-likeness (QED) is 0.788. The van der Waals surface area contributed by atoms with E-state index in [2.05, 4.69) is 19.2 Å². The van der Waals surface area contributed by atoms with Crippen molar-refractivity contribution in [2.75, 3.05) is 17.7 Å². The highest BCUT2D eigenvalue weighted by Gasteiger charge is 2.14. The molecule has 0 saturated heterocycles. The molecule has 0 saturated carbocycles. The first-order chi connectivity index (χ1) is 8.90. The molecule has 0 heterocycles. The molecule has 0 aliphatic rings. The molecular weight excluding hydrogens is 264 g/mol. The van der Waals surface area contributed by atoms with Gasteiger partial charge in [0.25, 0.3) is 5.91 Å². The van der Waals surface area contributed by atoms with Crippen molar-refractivity contribution in [3.05, 3.63) is 23.2 Å². The number of anilines is 2. The maximum Gasteiger partial charge on any atom is 0.253 e. The first-order valence-corrected chi connectivity index (χ1v) is 6.75. The summed E-state index contributed by atoms with van der Waals surface area (Å²) in [4.78, 5) is 11.9. The van der Waals surface area contributed by atoms with Crippen molar-refractivity contribution < 1.29 is 9.53 Å². The first-order valence-electron chi connectivity index (χ1n) is 6.37. The average Bonchev–Trinajstić information content (AvgIpc) is 2.32. The maximum atomic E-state index is 11.9. The van der Waals surface area contributed by atoms with Crippen LogP contribution in [0.2, 0.25) is 5.02 Å². The van der Waals surface area contributed by atoms with Crippen LogP contribution in [0.3, 0.4) is 0 Å². The van der Waals surface area contributed by atoms with Crippen LogP contribution in [0.4, 0.5) is 11.4 Å². The number of carbonyl (C=O) groups is 1. The van der Waals surface area contributed by atoms with Crippen molar-refractivity contribution in [3.63, 3.8) is 0 Å². The molecule has 1 aromatic rings. The number of ether oxygens (including phenoxy) is 1. The zero-order valence-corrected chi connectivity index (χ0v) is 12.3. The standard InChI is InChI=1S/C14H21ClN2O2/c1-9(2)6-7-19-10(3)14(18)17-13-5-4-11(15)8-12(13)16/h4-5,8-10H,6-7,16H2,1-3H3,(H,17,18). The third kappa shape index (κ3) is 5.49. The molecule has 4 nitrogen and oxygen atoms in total. The zero-order valence-electron chi connectivity index (χ0n) is 11.6. The monoisotopic (exact) mass is 284 g/mol. The largest absolute Gasteiger partial charge is 0.397 e. The van der Waals surface area contributed by atoms with Crippen LogP contribution >= 0.6 is 11.6 Å². The molecule has 0 fully saturated rings. The Morgan fingerprint density at radius 3 is 2.68 bits per heavy atom. The Labute approximate surface area is 119 Å². The van der Waals surface area contributed by atoms with E-state index in [1.807, 2.05) is 0 Å². The Kier molecular flexibility index (Phi) is 6.12. The van der Waals surface area contributed by atoms with Gasteiger partial charge in [-0.3, -0.25) is 4.79 Å². The van der Waals surface area contributed by atoms with Crippen molar-refractivity contribution in [1.82, 2.24) is 0 Å². The number of nitrogens with one attached hydrogen (secondary N) is 1. The summed E-state index contributed by atoms with van der Waals surface area (Å²) in [6, 6.07) is 4.95. The number of nitrogen functional groups attached to an aromatic ring is 1. The van der Waals surface area contributed by atoms with Crippen LogP contribution in [0.1, 0.15) is 27.2 Å². The molecule has 1 aromatic carbocycles. The molecule has 1 atom stereocenters. The second kappa shape index (κ2) is 7.36. The Hall–Kier alpha value is -1.26. The smallest absolute Gasteiger partial charge is 0.253 e. The van der Waals surface area contributed by atoms with E-state index in [0.717, 1.165) is 6.42 Å². The second-order valence-electron chi connectivity index (χ2n) is 4.92. The lowest BCUT2D eigenvalue weighted by Gasteiger charge is -2.15. The van der Waals surface area contributed by atoms with Gasteiger partial charge < -0.3 is 15.8 Å². The fourth-order valence-corrected chi connectivity index (χ4v) is 1.62. The van der Waals surface area contributed by atoms with Crippen LogP contribution in [-0.4, -0.2) is 18.6 Å². The Morgan fingerprint density at radius 2 is 2.11 bits per heavy atom. The van der Waals surface area contributed by atoms with Gasteiger partial charge in [-0.1, -0.05) is 25.4 Å². The van der Waals surface area contributed by atoms with Crippen molar-refractivity contribution >= 4 is 28.9 Å². The number of rotatable bonds is 6.